The third kappa shape index (κ3) is 8.03. The summed E-state index contributed by atoms with van der Waals surface area (Å²) < 4.78 is 11.6. The fourth-order valence-electron chi connectivity index (χ4n) is 3.81. The van der Waals surface area contributed by atoms with Gasteiger partial charge in [-0.2, -0.15) is 0 Å². The molecule has 2 N–H and O–H groups in total. The normalized spacial score (nSPS) is 11.1. The van der Waals surface area contributed by atoms with E-state index in [-0.39, 0.29) is 11.5 Å². The van der Waals surface area contributed by atoms with Crippen LogP contribution >= 0.6 is 15.9 Å². The van der Waals surface area contributed by atoms with Gasteiger partial charge in [-0.25, -0.2) is 0 Å². The molecule has 0 spiro atoms. The van der Waals surface area contributed by atoms with Crippen LogP contribution in [-0.2, 0) is 4.79 Å². The number of benzene rings is 4. The first-order valence-corrected chi connectivity index (χ1v) is 13.3. The van der Waals surface area contributed by atoms with Crippen molar-refractivity contribution in [2.75, 3.05) is 19.5 Å². The minimum absolute atomic E-state index is 0.0173. The van der Waals surface area contributed by atoms with Gasteiger partial charge in [0.05, 0.1) is 14.2 Å². The summed E-state index contributed by atoms with van der Waals surface area (Å²) in [5.74, 6) is -0.144. The number of carbonyl (C=O) groups excluding carboxylic acids is 3. The van der Waals surface area contributed by atoms with Crippen molar-refractivity contribution >= 4 is 51.4 Å². The molecule has 0 aliphatic heterocycles. The summed E-state index contributed by atoms with van der Waals surface area (Å²) in [5, 5.41) is 5.49. The van der Waals surface area contributed by atoms with Crippen LogP contribution in [0.25, 0.3) is 12.2 Å². The summed E-state index contributed by atoms with van der Waals surface area (Å²) in [4.78, 5) is 38.9. The number of hydrogen-bond acceptors (Lipinski definition) is 5. The van der Waals surface area contributed by atoms with Crippen LogP contribution in [0.5, 0.6) is 11.5 Å². The molecule has 4 aromatic rings. The first kappa shape index (κ1) is 29.0. The van der Waals surface area contributed by atoms with Crippen molar-refractivity contribution in [2.24, 2.45) is 0 Å². The molecule has 0 heterocycles. The molecule has 7 nitrogen and oxygen atoms in total. The topological polar surface area (TPSA) is 93.7 Å². The second-order valence-corrected chi connectivity index (χ2v) is 9.69. The van der Waals surface area contributed by atoms with E-state index in [0.717, 1.165) is 10.0 Å². The SMILES string of the molecule is COc1ccc(/C=C(\NC(=O)c2ccccc2)C(=O)Nc2ccc(C(=O)/C=C/c3ccc(Br)cc3)cc2)cc1OC. The highest BCUT2D eigenvalue weighted by atomic mass is 79.9. The molecule has 4 aromatic carbocycles. The molecule has 0 aliphatic rings. The fraction of sp³-hybridized carbons (Fsp3) is 0.0606. The van der Waals surface area contributed by atoms with E-state index >= 15 is 0 Å². The Morgan fingerprint density at radius 3 is 2.05 bits per heavy atom. The van der Waals surface area contributed by atoms with Crippen LogP contribution in [-0.4, -0.2) is 31.8 Å². The molecule has 2 amide bonds. The lowest BCUT2D eigenvalue weighted by molar-refractivity contribution is -0.113. The number of amides is 2. The Hall–Kier alpha value is -4.95. The van der Waals surface area contributed by atoms with Gasteiger partial charge in [-0.15, -0.1) is 0 Å². The maximum absolute atomic E-state index is 13.3. The number of anilines is 1. The molecule has 0 radical (unpaired) electrons. The summed E-state index contributed by atoms with van der Waals surface area (Å²) in [6.07, 6.45) is 4.79. The van der Waals surface area contributed by atoms with Gasteiger partial charge in [-0.3, -0.25) is 14.4 Å². The Labute approximate surface area is 246 Å². The molecule has 0 fully saturated rings. The lowest BCUT2D eigenvalue weighted by atomic mass is 10.1. The summed E-state index contributed by atoms with van der Waals surface area (Å²) >= 11 is 3.39. The minimum Gasteiger partial charge on any atom is -0.493 e. The molecule has 0 atom stereocenters. The highest BCUT2D eigenvalue weighted by molar-refractivity contribution is 9.10. The zero-order valence-corrected chi connectivity index (χ0v) is 24.0. The maximum atomic E-state index is 13.3. The third-order valence-corrected chi connectivity index (χ3v) is 6.50. The molecule has 8 heteroatoms. The smallest absolute Gasteiger partial charge is 0.272 e. The van der Waals surface area contributed by atoms with E-state index in [4.69, 9.17) is 9.47 Å². The number of nitrogens with one attached hydrogen (secondary N) is 2. The van der Waals surface area contributed by atoms with Crippen LogP contribution < -0.4 is 20.1 Å². The first-order valence-electron chi connectivity index (χ1n) is 12.6. The standard InChI is InChI=1S/C33H27BrN2O5/c1-40-30-19-11-23(21-31(30)41-2)20-28(36-32(38)25-6-4-3-5-7-25)33(39)35-27-16-12-24(13-17-27)29(37)18-10-22-8-14-26(34)15-9-22/h3-21H,1-2H3,(H,35,39)(H,36,38)/b18-10+,28-20-. The summed E-state index contributed by atoms with van der Waals surface area (Å²) in [6.45, 7) is 0. The van der Waals surface area contributed by atoms with Gasteiger partial charge in [0.15, 0.2) is 17.3 Å². The fourth-order valence-corrected chi connectivity index (χ4v) is 4.07. The highest BCUT2D eigenvalue weighted by Gasteiger charge is 2.16. The summed E-state index contributed by atoms with van der Waals surface area (Å²) in [7, 11) is 3.05. The number of carbonyl (C=O) groups is 3. The van der Waals surface area contributed by atoms with Crippen LogP contribution in [0.3, 0.4) is 0 Å². The van der Waals surface area contributed by atoms with E-state index in [9.17, 15) is 14.4 Å². The number of methoxy groups -OCH3 is 2. The molecular weight excluding hydrogens is 584 g/mol. The third-order valence-electron chi connectivity index (χ3n) is 5.97. The molecule has 0 bridgehead atoms. The predicted octanol–water partition coefficient (Wildman–Crippen LogP) is 6.77. The first-order chi connectivity index (χ1) is 19.9. The van der Waals surface area contributed by atoms with E-state index in [2.05, 4.69) is 26.6 Å². The van der Waals surface area contributed by atoms with Gasteiger partial charge >= 0.3 is 0 Å². The van der Waals surface area contributed by atoms with Gasteiger partial charge in [0, 0.05) is 21.3 Å². The van der Waals surface area contributed by atoms with Crippen molar-refractivity contribution in [2.45, 2.75) is 0 Å². The molecule has 0 aromatic heterocycles. The molecule has 0 aliphatic carbocycles. The Balaban J connectivity index is 1.53. The zero-order valence-electron chi connectivity index (χ0n) is 22.4. The van der Waals surface area contributed by atoms with Crippen LogP contribution in [0.2, 0.25) is 0 Å². The molecule has 0 saturated heterocycles. The van der Waals surface area contributed by atoms with E-state index in [1.807, 2.05) is 24.3 Å². The van der Waals surface area contributed by atoms with Crippen LogP contribution in [0, 0.1) is 0 Å². The van der Waals surface area contributed by atoms with Gasteiger partial charge in [0.25, 0.3) is 11.8 Å². The Morgan fingerprint density at radius 2 is 1.39 bits per heavy atom. The van der Waals surface area contributed by atoms with Crippen molar-refractivity contribution in [3.05, 3.63) is 136 Å². The molecule has 41 heavy (non-hydrogen) atoms. The quantitative estimate of drug-likeness (QED) is 0.153. The average molecular weight is 611 g/mol. The van der Waals surface area contributed by atoms with E-state index in [1.165, 1.54) is 20.3 Å². The van der Waals surface area contributed by atoms with E-state index in [0.29, 0.717) is 33.9 Å². The lowest BCUT2D eigenvalue weighted by Crippen LogP contribution is -2.30. The molecule has 206 valence electrons. The van der Waals surface area contributed by atoms with Crippen molar-refractivity contribution in [1.29, 1.82) is 0 Å². The number of ether oxygens (including phenoxy) is 2. The molecule has 0 unspecified atom stereocenters. The zero-order chi connectivity index (χ0) is 29.2. The second-order valence-electron chi connectivity index (χ2n) is 8.77. The van der Waals surface area contributed by atoms with Gasteiger partial charge in [0.2, 0.25) is 0 Å². The van der Waals surface area contributed by atoms with E-state index in [1.54, 1.807) is 84.9 Å². The summed E-state index contributed by atoms with van der Waals surface area (Å²) in [5.41, 5.74) is 2.85. The van der Waals surface area contributed by atoms with Crippen molar-refractivity contribution in [1.82, 2.24) is 5.32 Å². The number of hydrogen-bond donors (Lipinski definition) is 2. The van der Waals surface area contributed by atoms with Crippen LogP contribution in [0.15, 0.2) is 113 Å². The van der Waals surface area contributed by atoms with Gasteiger partial charge in [0.1, 0.15) is 5.70 Å². The van der Waals surface area contributed by atoms with Crippen molar-refractivity contribution in [3.63, 3.8) is 0 Å². The maximum Gasteiger partial charge on any atom is 0.272 e. The Morgan fingerprint density at radius 1 is 0.732 bits per heavy atom. The second kappa shape index (κ2) is 13.9. The van der Waals surface area contributed by atoms with Crippen LogP contribution in [0.4, 0.5) is 5.69 Å². The van der Waals surface area contributed by atoms with Gasteiger partial charge in [-0.05, 0) is 83.9 Å². The predicted molar refractivity (Wildman–Crippen MR) is 164 cm³/mol. The van der Waals surface area contributed by atoms with Crippen LogP contribution in [0.1, 0.15) is 31.8 Å². The molecule has 4 rings (SSSR count). The molecular formula is C33H27BrN2O5. The summed E-state index contributed by atoms with van der Waals surface area (Å²) in [6, 6.07) is 27.9. The lowest BCUT2D eigenvalue weighted by Gasteiger charge is -2.13. The largest absolute Gasteiger partial charge is 0.493 e. The number of allylic oxidation sites excluding steroid dienone is 1. The minimum atomic E-state index is -0.543. The highest BCUT2D eigenvalue weighted by Crippen LogP contribution is 2.28. The average Bonchev–Trinajstić information content (AvgIpc) is 3.00. The Bertz CT molecular complexity index is 1600. The van der Waals surface area contributed by atoms with Crippen molar-refractivity contribution < 1.29 is 23.9 Å². The van der Waals surface area contributed by atoms with Crippen molar-refractivity contribution in [3.8, 4) is 11.5 Å². The van der Waals surface area contributed by atoms with E-state index < -0.39 is 11.8 Å². The monoisotopic (exact) mass is 610 g/mol. The number of ketones is 1. The number of rotatable bonds is 10. The van der Waals surface area contributed by atoms with Gasteiger partial charge < -0.3 is 20.1 Å². The molecule has 0 saturated carbocycles. The number of halogens is 1. The van der Waals surface area contributed by atoms with Gasteiger partial charge in [-0.1, -0.05) is 58.4 Å². The Kier molecular flexibility index (Phi) is 9.85.